The number of hydrogen-bond donors (Lipinski definition) is 2. The third-order valence-electron chi connectivity index (χ3n) is 2.63. The molecule has 7 heteroatoms. The minimum absolute atomic E-state index is 0.0716. The molecule has 0 spiro atoms. The Labute approximate surface area is 127 Å². The van der Waals surface area contributed by atoms with Crippen molar-refractivity contribution >= 4 is 23.2 Å². The predicted molar refractivity (Wildman–Crippen MR) is 82.3 cm³/mol. The van der Waals surface area contributed by atoms with E-state index < -0.39 is 0 Å². The zero-order valence-electron chi connectivity index (χ0n) is 12.0. The molecule has 2 amide bonds. The lowest BCUT2D eigenvalue weighted by Crippen LogP contribution is -2.21. The standard InChI is InChI=1S/C15H15N5O2/c1-11(8-14(21)18-13-5-3-7-17-10-13)19-20-15(22)12-4-2-6-16-9-12/h2-7,9-10H,8H2,1H3,(H,18,21)(H,20,22)/b19-11+. The molecule has 2 aromatic heterocycles. The molecule has 0 aliphatic carbocycles. The first-order valence-corrected chi connectivity index (χ1v) is 6.58. The fourth-order valence-electron chi connectivity index (χ4n) is 1.62. The fourth-order valence-corrected chi connectivity index (χ4v) is 1.62. The lowest BCUT2D eigenvalue weighted by Gasteiger charge is -2.05. The summed E-state index contributed by atoms with van der Waals surface area (Å²) in [4.78, 5) is 31.3. The first kappa shape index (κ1) is 15.3. The first-order chi connectivity index (χ1) is 10.6. The summed E-state index contributed by atoms with van der Waals surface area (Å²) >= 11 is 0. The molecule has 0 bridgehead atoms. The van der Waals surface area contributed by atoms with Gasteiger partial charge in [0.25, 0.3) is 5.91 Å². The molecular weight excluding hydrogens is 282 g/mol. The van der Waals surface area contributed by atoms with Gasteiger partial charge in [-0.25, -0.2) is 5.43 Å². The van der Waals surface area contributed by atoms with Crippen molar-refractivity contribution in [3.05, 3.63) is 54.6 Å². The number of carbonyl (C=O) groups is 2. The Morgan fingerprint density at radius 1 is 1.14 bits per heavy atom. The predicted octanol–water partition coefficient (Wildman–Crippen LogP) is 1.61. The second-order valence-corrected chi connectivity index (χ2v) is 4.50. The minimum atomic E-state index is -0.375. The highest BCUT2D eigenvalue weighted by Crippen LogP contribution is 2.03. The van der Waals surface area contributed by atoms with Gasteiger partial charge in [-0.3, -0.25) is 19.6 Å². The van der Waals surface area contributed by atoms with Gasteiger partial charge < -0.3 is 5.32 Å². The zero-order chi connectivity index (χ0) is 15.8. The van der Waals surface area contributed by atoms with Crippen molar-refractivity contribution in [2.45, 2.75) is 13.3 Å². The van der Waals surface area contributed by atoms with Crippen LogP contribution in [0.3, 0.4) is 0 Å². The Balaban J connectivity index is 1.85. The number of anilines is 1. The molecule has 2 aromatic rings. The van der Waals surface area contributed by atoms with Gasteiger partial charge in [-0.2, -0.15) is 5.10 Å². The number of nitrogens with zero attached hydrogens (tertiary/aromatic N) is 3. The Hall–Kier alpha value is -3.09. The van der Waals surface area contributed by atoms with Crippen LogP contribution in [0, 0.1) is 0 Å². The molecule has 22 heavy (non-hydrogen) atoms. The summed E-state index contributed by atoms with van der Waals surface area (Å²) in [6.07, 6.45) is 6.26. The van der Waals surface area contributed by atoms with Gasteiger partial charge in [0, 0.05) is 24.3 Å². The van der Waals surface area contributed by atoms with E-state index in [1.807, 2.05) is 0 Å². The molecule has 0 atom stereocenters. The summed E-state index contributed by atoms with van der Waals surface area (Å²) in [7, 11) is 0. The largest absolute Gasteiger partial charge is 0.324 e. The van der Waals surface area contributed by atoms with Crippen LogP contribution in [-0.2, 0) is 4.79 Å². The van der Waals surface area contributed by atoms with E-state index in [1.54, 1.807) is 49.8 Å². The highest BCUT2D eigenvalue weighted by atomic mass is 16.2. The van der Waals surface area contributed by atoms with E-state index in [2.05, 4.69) is 25.8 Å². The number of rotatable bonds is 5. The normalized spacial score (nSPS) is 10.9. The number of carbonyl (C=O) groups excluding carboxylic acids is 2. The SMILES string of the molecule is C/C(CC(=O)Nc1cccnc1)=N\NC(=O)c1cccnc1. The molecule has 112 valence electrons. The molecule has 0 aromatic carbocycles. The molecule has 0 unspecified atom stereocenters. The maximum Gasteiger partial charge on any atom is 0.272 e. The molecule has 2 rings (SSSR count). The number of hydrazone groups is 1. The van der Waals surface area contributed by atoms with Gasteiger partial charge >= 0.3 is 0 Å². The summed E-state index contributed by atoms with van der Waals surface area (Å²) in [5, 5.41) is 6.58. The molecule has 0 saturated heterocycles. The lowest BCUT2D eigenvalue weighted by molar-refractivity contribution is -0.115. The highest BCUT2D eigenvalue weighted by molar-refractivity contribution is 6.06. The maximum atomic E-state index is 11.8. The van der Waals surface area contributed by atoms with Gasteiger partial charge in [0.05, 0.1) is 23.9 Å². The summed E-state index contributed by atoms with van der Waals surface area (Å²) in [6.45, 7) is 1.66. The summed E-state index contributed by atoms with van der Waals surface area (Å²) < 4.78 is 0. The molecule has 0 aliphatic heterocycles. The lowest BCUT2D eigenvalue weighted by atomic mass is 10.2. The van der Waals surface area contributed by atoms with Crippen molar-refractivity contribution in [3.8, 4) is 0 Å². The quantitative estimate of drug-likeness (QED) is 0.647. The number of hydrogen-bond acceptors (Lipinski definition) is 5. The van der Waals surface area contributed by atoms with E-state index in [0.717, 1.165) is 0 Å². The fraction of sp³-hybridized carbons (Fsp3) is 0.133. The molecule has 2 N–H and O–H groups in total. The monoisotopic (exact) mass is 297 g/mol. The van der Waals surface area contributed by atoms with Crippen LogP contribution >= 0.6 is 0 Å². The zero-order valence-corrected chi connectivity index (χ0v) is 12.0. The van der Waals surface area contributed by atoms with Crippen LogP contribution in [0.2, 0.25) is 0 Å². The molecular formula is C15H15N5O2. The molecule has 0 radical (unpaired) electrons. The Kier molecular flexibility index (Phi) is 5.31. The van der Waals surface area contributed by atoms with Crippen LogP contribution in [0.15, 0.2) is 54.2 Å². The second kappa shape index (κ2) is 7.63. The van der Waals surface area contributed by atoms with Crippen molar-refractivity contribution in [1.29, 1.82) is 0 Å². The van der Waals surface area contributed by atoms with E-state index in [1.165, 1.54) is 6.20 Å². The number of amides is 2. The molecule has 0 fully saturated rings. The number of nitrogens with one attached hydrogen (secondary N) is 2. The maximum absolute atomic E-state index is 11.8. The Morgan fingerprint density at radius 2 is 1.86 bits per heavy atom. The van der Waals surface area contributed by atoms with Gasteiger partial charge in [0.1, 0.15) is 0 Å². The molecule has 0 aliphatic rings. The topological polar surface area (TPSA) is 96.3 Å². The summed E-state index contributed by atoms with van der Waals surface area (Å²) in [5.41, 5.74) is 3.88. The Bertz CT molecular complexity index is 671. The van der Waals surface area contributed by atoms with E-state index in [9.17, 15) is 9.59 Å². The van der Waals surface area contributed by atoms with E-state index in [-0.39, 0.29) is 18.2 Å². The molecule has 2 heterocycles. The second-order valence-electron chi connectivity index (χ2n) is 4.50. The third-order valence-corrected chi connectivity index (χ3v) is 2.63. The van der Waals surface area contributed by atoms with Crippen LogP contribution < -0.4 is 10.7 Å². The summed E-state index contributed by atoms with van der Waals surface area (Å²) in [6, 6.07) is 6.75. The first-order valence-electron chi connectivity index (χ1n) is 6.58. The van der Waals surface area contributed by atoms with Gasteiger partial charge in [-0.15, -0.1) is 0 Å². The van der Waals surface area contributed by atoms with Crippen LogP contribution in [0.25, 0.3) is 0 Å². The van der Waals surface area contributed by atoms with Crippen LogP contribution in [-0.4, -0.2) is 27.5 Å². The van der Waals surface area contributed by atoms with Crippen molar-refractivity contribution in [2.24, 2.45) is 5.10 Å². The smallest absolute Gasteiger partial charge is 0.272 e. The van der Waals surface area contributed by atoms with E-state index >= 15 is 0 Å². The average molecular weight is 297 g/mol. The van der Waals surface area contributed by atoms with Gasteiger partial charge in [-0.1, -0.05) is 0 Å². The van der Waals surface area contributed by atoms with Crippen molar-refractivity contribution in [1.82, 2.24) is 15.4 Å². The van der Waals surface area contributed by atoms with Gasteiger partial charge in [0.2, 0.25) is 5.91 Å². The molecule has 7 nitrogen and oxygen atoms in total. The minimum Gasteiger partial charge on any atom is -0.324 e. The number of pyridine rings is 2. The van der Waals surface area contributed by atoms with Crippen molar-refractivity contribution in [2.75, 3.05) is 5.32 Å². The average Bonchev–Trinajstić information content (AvgIpc) is 2.54. The van der Waals surface area contributed by atoms with Gasteiger partial charge in [-0.05, 0) is 31.2 Å². The van der Waals surface area contributed by atoms with E-state index in [4.69, 9.17) is 0 Å². The van der Waals surface area contributed by atoms with E-state index in [0.29, 0.717) is 17.0 Å². The number of aromatic nitrogens is 2. The van der Waals surface area contributed by atoms with Crippen LogP contribution in [0.5, 0.6) is 0 Å². The van der Waals surface area contributed by atoms with Crippen molar-refractivity contribution in [3.63, 3.8) is 0 Å². The summed E-state index contributed by atoms with van der Waals surface area (Å²) in [5.74, 6) is -0.606. The Morgan fingerprint density at radius 3 is 2.50 bits per heavy atom. The highest BCUT2D eigenvalue weighted by Gasteiger charge is 2.07. The third kappa shape index (κ3) is 4.78. The van der Waals surface area contributed by atoms with Crippen molar-refractivity contribution < 1.29 is 9.59 Å². The van der Waals surface area contributed by atoms with Crippen LogP contribution in [0.1, 0.15) is 23.7 Å². The van der Waals surface area contributed by atoms with Crippen LogP contribution in [0.4, 0.5) is 5.69 Å². The molecule has 0 saturated carbocycles. The van der Waals surface area contributed by atoms with Gasteiger partial charge in [0.15, 0.2) is 0 Å².